The Hall–Kier alpha value is -2.46. The molecule has 0 aliphatic heterocycles. The van der Waals surface area contributed by atoms with Crippen molar-refractivity contribution in [2.75, 3.05) is 5.32 Å². The average Bonchev–Trinajstić information content (AvgIpc) is 2.87. The van der Waals surface area contributed by atoms with Crippen LogP contribution in [0.5, 0.6) is 0 Å². The third-order valence-corrected chi connectivity index (χ3v) is 3.17. The van der Waals surface area contributed by atoms with Crippen molar-refractivity contribution in [3.8, 4) is 6.07 Å². The number of thiazole rings is 1. The van der Waals surface area contributed by atoms with Crippen LogP contribution in [-0.4, -0.2) is 16.1 Å². The second kappa shape index (κ2) is 5.46. The zero-order valence-corrected chi connectivity index (χ0v) is 10.4. The Balaban J connectivity index is 2.06. The Morgan fingerprint density at radius 1 is 1.58 bits per heavy atom. The SMILES string of the molecule is N#Cc1cc(NCc2csc(C(=O)O)n2)ccc1F. The van der Waals surface area contributed by atoms with Crippen molar-refractivity contribution in [3.05, 3.63) is 45.7 Å². The van der Waals surface area contributed by atoms with Gasteiger partial charge in [0.1, 0.15) is 11.9 Å². The van der Waals surface area contributed by atoms with E-state index in [0.29, 0.717) is 17.9 Å². The molecule has 0 unspecified atom stereocenters. The number of benzene rings is 1. The molecule has 7 heteroatoms. The van der Waals surface area contributed by atoms with Gasteiger partial charge in [-0.3, -0.25) is 0 Å². The first kappa shape index (κ1) is 13.0. The molecule has 96 valence electrons. The number of carbonyl (C=O) groups is 1. The van der Waals surface area contributed by atoms with Gasteiger partial charge in [-0.2, -0.15) is 5.26 Å². The van der Waals surface area contributed by atoms with Crippen LogP contribution in [0.15, 0.2) is 23.6 Å². The van der Waals surface area contributed by atoms with E-state index in [9.17, 15) is 9.18 Å². The molecular formula is C12H8FN3O2S. The minimum absolute atomic E-state index is 0.0219. The standard InChI is InChI=1S/C12H8FN3O2S/c13-10-2-1-8(3-7(10)4-14)15-5-9-6-19-11(16-9)12(17)18/h1-3,6,15H,5H2,(H,17,18). The second-order valence-corrected chi connectivity index (χ2v) is 4.47. The zero-order valence-electron chi connectivity index (χ0n) is 9.55. The highest BCUT2D eigenvalue weighted by molar-refractivity contribution is 7.11. The monoisotopic (exact) mass is 277 g/mol. The summed E-state index contributed by atoms with van der Waals surface area (Å²) in [5.74, 6) is -1.64. The normalized spacial score (nSPS) is 9.89. The molecule has 19 heavy (non-hydrogen) atoms. The fourth-order valence-corrected chi connectivity index (χ4v) is 2.05. The van der Waals surface area contributed by atoms with Gasteiger partial charge in [0.2, 0.25) is 5.01 Å². The molecule has 0 saturated carbocycles. The molecule has 2 N–H and O–H groups in total. The van der Waals surface area contributed by atoms with Crippen LogP contribution >= 0.6 is 11.3 Å². The predicted octanol–water partition coefficient (Wildman–Crippen LogP) is 2.46. The highest BCUT2D eigenvalue weighted by Crippen LogP contribution is 2.16. The smallest absolute Gasteiger partial charge is 0.365 e. The number of carboxylic acid groups (broad SMARTS) is 1. The quantitative estimate of drug-likeness (QED) is 0.896. The lowest BCUT2D eigenvalue weighted by Crippen LogP contribution is -2.02. The van der Waals surface area contributed by atoms with Gasteiger partial charge < -0.3 is 10.4 Å². The number of rotatable bonds is 4. The van der Waals surface area contributed by atoms with Gasteiger partial charge in [-0.15, -0.1) is 11.3 Å². The van der Waals surface area contributed by atoms with E-state index in [-0.39, 0.29) is 10.6 Å². The Morgan fingerprint density at radius 3 is 3.00 bits per heavy atom. The molecule has 0 fully saturated rings. The summed E-state index contributed by atoms with van der Waals surface area (Å²) in [6, 6.07) is 5.83. The summed E-state index contributed by atoms with van der Waals surface area (Å²) in [5, 5.41) is 22.0. The molecule has 1 aromatic heterocycles. The van der Waals surface area contributed by atoms with E-state index in [4.69, 9.17) is 10.4 Å². The third kappa shape index (κ3) is 3.05. The van der Waals surface area contributed by atoms with Crippen LogP contribution in [0.25, 0.3) is 0 Å². The fraction of sp³-hybridized carbons (Fsp3) is 0.0833. The maximum absolute atomic E-state index is 13.1. The molecule has 1 aromatic carbocycles. The summed E-state index contributed by atoms with van der Waals surface area (Å²) in [4.78, 5) is 14.6. The van der Waals surface area contributed by atoms with Crippen LogP contribution in [0.4, 0.5) is 10.1 Å². The van der Waals surface area contributed by atoms with E-state index in [2.05, 4.69) is 10.3 Å². The van der Waals surface area contributed by atoms with Crippen molar-refractivity contribution < 1.29 is 14.3 Å². The van der Waals surface area contributed by atoms with E-state index >= 15 is 0 Å². The number of nitrogens with zero attached hydrogens (tertiary/aromatic N) is 2. The van der Waals surface area contributed by atoms with E-state index in [1.807, 2.05) is 0 Å². The summed E-state index contributed by atoms with van der Waals surface area (Å²) in [5.41, 5.74) is 1.10. The first-order chi connectivity index (χ1) is 9.10. The van der Waals surface area contributed by atoms with Gasteiger partial charge in [0, 0.05) is 11.1 Å². The molecule has 0 radical (unpaired) electrons. The topological polar surface area (TPSA) is 86.0 Å². The number of carboxylic acids is 1. The van der Waals surface area contributed by atoms with Gasteiger partial charge in [0.05, 0.1) is 17.8 Å². The molecule has 0 spiro atoms. The van der Waals surface area contributed by atoms with Gasteiger partial charge in [0.25, 0.3) is 0 Å². The number of aromatic nitrogens is 1. The molecule has 0 saturated heterocycles. The van der Waals surface area contributed by atoms with Crippen LogP contribution in [-0.2, 0) is 6.54 Å². The lowest BCUT2D eigenvalue weighted by Gasteiger charge is -2.04. The third-order valence-electron chi connectivity index (χ3n) is 2.30. The Bertz CT molecular complexity index is 663. The number of hydrogen-bond donors (Lipinski definition) is 2. The van der Waals surface area contributed by atoms with E-state index in [1.165, 1.54) is 18.2 Å². The molecular weight excluding hydrogens is 269 g/mol. The van der Waals surface area contributed by atoms with Gasteiger partial charge in [-0.25, -0.2) is 14.2 Å². The van der Waals surface area contributed by atoms with Crippen LogP contribution < -0.4 is 5.32 Å². The molecule has 0 aliphatic rings. The summed E-state index contributed by atoms with van der Waals surface area (Å²) in [7, 11) is 0. The molecule has 0 aliphatic carbocycles. The predicted molar refractivity (Wildman–Crippen MR) is 67.5 cm³/mol. The van der Waals surface area contributed by atoms with E-state index < -0.39 is 11.8 Å². The van der Waals surface area contributed by atoms with E-state index in [0.717, 1.165) is 11.3 Å². The highest BCUT2D eigenvalue weighted by atomic mass is 32.1. The number of halogens is 1. The average molecular weight is 277 g/mol. The van der Waals surface area contributed by atoms with Crippen molar-refractivity contribution in [3.63, 3.8) is 0 Å². The number of nitrogens with one attached hydrogen (secondary N) is 1. The van der Waals surface area contributed by atoms with E-state index in [1.54, 1.807) is 11.4 Å². The number of aromatic carboxylic acids is 1. The van der Waals surface area contributed by atoms with Gasteiger partial charge in [-0.1, -0.05) is 0 Å². The first-order valence-electron chi connectivity index (χ1n) is 5.21. The molecule has 0 atom stereocenters. The van der Waals surface area contributed by atoms with Gasteiger partial charge in [0.15, 0.2) is 0 Å². The first-order valence-corrected chi connectivity index (χ1v) is 6.09. The highest BCUT2D eigenvalue weighted by Gasteiger charge is 2.09. The van der Waals surface area contributed by atoms with Gasteiger partial charge >= 0.3 is 5.97 Å². The van der Waals surface area contributed by atoms with Crippen molar-refractivity contribution in [1.82, 2.24) is 4.98 Å². The number of hydrogen-bond acceptors (Lipinski definition) is 5. The number of anilines is 1. The zero-order chi connectivity index (χ0) is 13.8. The molecule has 0 bridgehead atoms. The van der Waals surface area contributed by atoms with Crippen molar-refractivity contribution in [2.45, 2.75) is 6.54 Å². The Morgan fingerprint density at radius 2 is 2.37 bits per heavy atom. The minimum Gasteiger partial charge on any atom is -0.476 e. The molecule has 2 rings (SSSR count). The molecule has 2 aromatic rings. The molecule has 1 heterocycles. The van der Waals surface area contributed by atoms with Crippen LogP contribution in [0.1, 0.15) is 21.1 Å². The second-order valence-electron chi connectivity index (χ2n) is 3.61. The van der Waals surface area contributed by atoms with Crippen molar-refractivity contribution >= 4 is 23.0 Å². The largest absolute Gasteiger partial charge is 0.476 e. The summed E-state index contributed by atoms with van der Waals surface area (Å²) in [6.45, 7) is 0.306. The van der Waals surface area contributed by atoms with Crippen LogP contribution in [0.2, 0.25) is 0 Å². The maximum atomic E-state index is 13.1. The maximum Gasteiger partial charge on any atom is 0.365 e. The van der Waals surface area contributed by atoms with Crippen molar-refractivity contribution in [2.24, 2.45) is 0 Å². The lowest BCUT2D eigenvalue weighted by atomic mass is 10.2. The minimum atomic E-state index is -1.07. The summed E-state index contributed by atoms with van der Waals surface area (Å²) < 4.78 is 13.1. The Labute approximate surface area is 112 Å². The summed E-state index contributed by atoms with van der Waals surface area (Å²) >= 11 is 1.04. The number of nitriles is 1. The fourth-order valence-electron chi connectivity index (χ4n) is 1.40. The van der Waals surface area contributed by atoms with Crippen molar-refractivity contribution in [1.29, 1.82) is 5.26 Å². The van der Waals surface area contributed by atoms with Gasteiger partial charge in [-0.05, 0) is 18.2 Å². The molecule has 0 amide bonds. The lowest BCUT2D eigenvalue weighted by molar-refractivity contribution is 0.0696. The van der Waals surface area contributed by atoms with Crippen LogP contribution in [0, 0.1) is 17.1 Å². The molecule has 5 nitrogen and oxygen atoms in total. The Kier molecular flexibility index (Phi) is 3.73. The summed E-state index contributed by atoms with van der Waals surface area (Å²) in [6.07, 6.45) is 0. The van der Waals surface area contributed by atoms with Crippen LogP contribution in [0.3, 0.4) is 0 Å².